The number of hydrogen-bond acceptors (Lipinski definition) is 3. The van der Waals surface area contributed by atoms with E-state index in [0.717, 1.165) is 43.9 Å². The van der Waals surface area contributed by atoms with Crippen LogP contribution >= 0.6 is 0 Å². The number of amides is 1. The summed E-state index contributed by atoms with van der Waals surface area (Å²) in [5.41, 5.74) is 3.46. The summed E-state index contributed by atoms with van der Waals surface area (Å²) in [6.45, 7) is 5.68. The van der Waals surface area contributed by atoms with Gasteiger partial charge >= 0.3 is 0 Å². The summed E-state index contributed by atoms with van der Waals surface area (Å²) < 4.78 is 1.90. The van der Waals surface area contributed by atoms with E-state index in [1.165, 1.54) is 11.1 Å². The molecular formula is C18H24N4O. The zero-order valence-electron chi connectivity index (χ0n) is 13.8. The quantitative estimate of drug-likeness (QED) is 0.892. The molecule has 0 aliphatic carbocycles. The number of nitrogens with zero attached hydrogens (tertiary/aromatic N) is 2. The average molecular weight is 312 g/mol. The second-order valence-corrected chi connectivity index (χ2v) is 6.14. The fraction of sp³-hybridized carbons (Fsp3) is 0.444. The van der Waals surface area contributed by atoms with Gasteiger partial charge in [0.25, 0.3) is 0 Å². The first kappa shape index (κ1) is 15.7. The van der Waals surface area contributed by atoms with E-state index in [4.69, 9.17) is 0 Å². The summed E-state index contributed by atoms with van der Waals surface area (Å²) in [5.74, 6) is 0.804. The lowest BCUT2D eigenvalue weighted by Gasteiger charge is -2.25. The van der Waals surface area contributed by atoms with Gasteiger partial charge in [0.2, 0.25) is 5.91 Å². The number of hydrogen-bond donors (Lipinski definition) is 2. The number of benzene rings is 1. The SMILES string of the molecule is CCCCn1nc(C)cc1NC(=O)[C@H]1Cc2ccccc2CN1. The van der Waals surface area contributed by atoms with Gasteiger partial charge < -0.3 is 10.6 Å². The summed E-state index contributed by atoms with van der Waals surface area (Å²) >= 11 is 0. The Hall–Kier alpha value is -2.14. The highest BCUT2D eigenvalue weighted by molar-refractivity contribution is 5.94. The maximum atomic E-state index is 12.6. The van der Waals surface area contributed by atoms with E-state index in [2.05, 4.69) is 34.8 Å². The van der Waals surface area contributed by atoms with E-state index in [1.807, 2.05) is 29.8 Å². The number of aromatic nitrogens is 2. The molecule has 0 saturated carbocycles. The molecule has 1 aromatic carbocycles. The number of rotatable bonds is 5. The number of carbonyl (C=O) groups excluding carboxylic acids is 1. The average Bonchev–Trinajstić information content (AvgIpc) is 2.91. The number of unbranched alkanes of at least 4 members (excludes halogenated alkanes) is 1. The van der Waals surface area contributed by atoms with Crippen LogP contribution in [-0.2, 0) is 24.3 Å². The number of anilines is 1. The first-order chi connectivity index (χ1) is 11.2. The molecule has 1 atom stereocenters. The molecule has 5 nitrogen and oxygen atoms in total. The van der Waals surface area contributed by atoms with Crippen LogP contribution in [0.2, 0.25) is 0 Å². The maximum absolute atomic E-state index is 12.6. The van der Waals surface area contributed by atoms with Gasteiger partial charge in [0.15, 0.2) is 0 Å². The van der Waals surface area contributed by atoms with Crippen LogP contribution in [0.1, 0.15) is 36.6 Å². The molecule has 0 radical (unpaired) electrons. The number of fused-ring (bicyclic) bond motifs is 1. The predicted octanol–water partition coefficient (Wildman–Crippen LogP) is 2.64. The molecule has 122 valence electrons. The minimum absolute atomic E-state index is 0.0113. The fourth-order valence-electron chi connectivity index (χ4n) is 2.98. The van der Waals surface area contributed by atoms with Crippen molar-refractivity contribution in [1.29, 1.82) is 0 Å². The molecule has 1 aromatic heterocycles. The van der Waals surface area contributed by atoms with Crippen molar-refractivity contribution in [1.82, 2.24) is 15.1 Å². The third-order valence-corrected chi connectivity index (χ3v) is 4.27. The van der Waals surface area contributed by atoms with E-state index in [9.17, 15) is 4.79 Å². The van der Waals surface area contributed by atoms with Gasteiger partial charge in [0.05, 0.1) is 11.7 Å². The van der Waals surface area contributed by atoms with Gasteiger partial charge in [-0.1, -0.05) is 37.6 Å². The van der Waals surface area contributed by atoms with Crippen molar-refractivity contribution in [2.24, 2.45) is 0 Å². The zero-order valence-corrected chi connectivity index (χ0v) is 13.8. The molecule has 2 heterocycles. The Morgan fingerprint density at radius 3 is 2.96 bits per heavy atom. The molecule has 0 spiro atoms. The van der Waals surface area contributed by atoms with Crippen LogP contribution in [0.15, 0.2) is 30.3 Å². The molecule has 2 N–H and O–H groups in total. The van der Waals surface area contributed by atoms with Gasteiger partial charge in [0.1, 0.15) is 5.82 Å². The minimum atomic E-state index is -0.195. The highest BCUT2D eigenvalue weighted by Gasteiger charge is 2.24. The smallest absolute Gasteiger partial charge is 0.243 e. The molecule has 2 aromatic rings. The van der Waals surface area contributed by atoms with Crippen LogP contribution in [0.4, 0.5) is 5.82 Å². The molecule has 0 unspecified atom stereocenters. The van der Waals surface area contributed by atoms with Crippen molar-refractivity contribution in [3.8, 4) is 0 Å². The van der Waals surface area contributed by atoms with Crippen molar-refractivity contribution in [2.75, 3.05) is 5.32 Å². The molecule has 0 bridgehead atoms. The predicted molar refractivity (Wildman–Crippen MR) is 91.3 cm³/mol. The Labute approximate surface area is 137 Å². The largest absolute Gasteiger partial charge is 0.310 e. The monoisotopic (exact) mass is 312 g/mol. The molecule has 23 heavy (non-hydrogen) atoms. The van der Waals surface area contributed by atoms with E-state index in [1.54, 1.807) is 0 Å². The molecule has 1 amide bonds. The van der Waals surface area contributed by atoms with Crippen molar-refractivity contribution < 1.29 is 4.79 Å². The van der Waals surface area contributed by atoms with Crippen molar-refractivity contribution >= 4 is 11.7 Å². The number of aryl methyl sites for hydroxylation is 2. The second kappa shape index (κ2) is 6.96. The normalized spacial score (nSPS) is 16.9. The summed E-state index contributed by atoms with van der Waals surface area (Å²) in [7, 11) is 0. The maximum Gasteiger partial charge on any atom is 0.243 e. The van der Waals surface area contributed by atoms with Gasteiger partial charge in [-0.3, -0.25) is 4.79 Å². The van der Waals surface area contributed by atoms with Gasteiger partial charge in [-0.25, -0.2) is 4.68 Å². The van der Waals surface area contributed by atoms with E-state index >= 15 is 0 Å². The molecule has 0 fully saturated rings. The van der Waals surface area contributed by atoms with Gasteiger partial charge in [-0.15, -0.1) is 0 Å². The highest BCUT2D eigenvalue weighted by atomic mass is 16.2. The molecule has 5 heteroatoms. The molecule has 1 aliphatic rings. The van der Waals surface area contributed by atoms with E-state index < -0.39 is 0 Å². The topological polar surface area (TPSA) is 59.0 Å². The van der Waals surface area contributed by atoms with Gasteiger partial charge in [0, 0.05) is 19.2 Å². The Morgan fingerprint density at radius 2 is 2.17 bits per heavy atom. The Bertz CT molecular complexity index is 692. The summed E-state index contributed by atoms with van der Waals surface area (Å²) in [5, 5.41) is 10.8. The molecular weight excluding hydrogens is 288 g/mol. The first-order valence-corrected chi connectivity index (χ1v) is 8.33. The lowest BCUT2D eigenvalue weighted by Crippen LogP contribution is -2.45. The second-order valence-electron chi connectivity index (χ2n) is 6.14. The van der Waals surface area contributed by atoms with Crippen LogP contribution < -0.4 is 10.6 Å². The Morgan fingerprint density at radius 1 is 1.39 bits per heavy atom. The van der Waals surface area contributed by atoms with E-state index in [0.29, 0.717) is 0 Å². The van der Waals surface area contributed by atoms with Crippen molar-refractivity contribution in [3.05, 3.63) is 47.2 Å². The van der Waals surface area contributed by atoms with Gasteiger partial charge in [-0.2, -0.15) is 5.10 Å². The van der Waals surface area contributed by atoms with Crippen LogP contribution in [0.25, 0.3) is 0 Å². The third-order valence-electron chi connectivity index (χ3n) is 4.27. The summed E-state index contributed by atoms with van der Waals surface area (Å²) in [6, 6.07) is 10.0. The Kier molecular flexibility index (Phi) is 4.76. The lowest BCUT2D eigenvalue weighted by atomic mass is 9.95. The van der Waals surface area contributed by atoms with Crippen molar-refractivity contribution in [3.63, 3.8) is 0 Å². The van der Waals surface area contributed by atoms with Crippen LogP contribution in [0.3, 0.4) is 0 Å². The Balaban J connectivity index is 1.68. The standard InChI is InChI=1S/C18H24N4O/c1-3-4-9-22-17(10-13(2)21-22)20-18(23)16-11-14-7-5-6-8-15(14)12-19-16/h5-8,10,16,19H,3-4,9,11-12H2,1-2H3,(H,20,23)/t16-/m1/s1. The first-order valence-electron chi connectivity index (χ1n) is 8.33. The molecule has 1 aliphatic heterocycles. The highest BCUT2D eigenvalue weighted by Crippen LogP contribution is 2.18. The van der Waals surface area contributed by atoms with Crippen LogP contribution in [0.5, 0.6) is 0 Å². The number of nitrogens with one attached hydrogen (secondary N) is 2. The van der Waals surface area contributed by atoms with Crippen LogP contribution in [-0.4, -0.2) is 21.7 Å². The third kappa shape index (κ3) is 3.62. The van der Waals surface area contributed by atoms with E-state index in [-0.39, 0.29) is 11.9 Å². The lowest BCUT2D eigenvalue weighted by molar-refractivity contribution is -0.118. The zero-order chi connectivity index (χ0) is 16.2. The van der Waals surface area contributed by atoms with Gasteiger partial charge in [-0.05, 0) is 30.9 Å². The minimum Gasteiger partial charge on any atom is -0.310 e. The summed E-state index contributed by atoms with van der Waals surface area (Å²) in [4.78, 5) is 12.6. The molecule has 0 saturated heterocycles. The van der Waals surface area contributed by atoms with Crippen molar-refractivity contribution in [2.45, 2.75) is 52.2 Å². The molecule has 3 rings (SSSR count). The van der Waals surface area contributed by atoms with Crippen LogP contribution in [0, 0.1) is 6.92 Å². The summed E-state index contributed by atoms with van der Waals surface area (Å²) in [6.07, 6.45) is 2.89. The number of carbonyl (C=O) groups is 1. The fourth-order valence-corrected chi connectivity index (χ4v) is 2.98.